The summed E-state index contributed by atoms with van der Waals surface area (Å²) < 4.78 is 5.43. The third kappa shape index (κ3) is 3.04. The number of ether oxygens (including phenoxy) is 1. The van der Waals surface area contributed by atoms with Crippen molar-refractivity contribution in [3.05, 3.63) is 0 Å². The molecule has 0 aliphatic carbocycles. The summed E-state index contributed by atoms with van der Waals surface area (Å²) in [5, 5.41) is 9.54. The van der Waals surface area contributed by atoms with E-state index in [9.17, 15) is 9.90 Å². The van der Waals surface area contributed by atoms with Crippen LogP contribution in [0.3, 0.4) is 0 Å². The van der Waals surface area contributed by atoms with E-state index in [1.165, 1.54) is 19.3 Å². The van der Waals surface area contributed by atoms with Crippen LogP contribution in [-0.2, 0) is 9.53 Å². The molecule has 4 nitrogen and oxygen atoms in total. The predicted octanol–water partition coefficient (Wildman–Crippen LogP) is 1.99. The zero-order chi connectivity index (χ0) is 13.0. The zero-order valence-corrected chi connectivity index (χ0v) is 11.4. The molecule has 0 spiro atoms. The lowest BCUT2D eigenvalue weighted by molar-refractivity contribution is -0.159. The number of hydrogen-bond acceptors (Lipinski definition) is 3. The van der Waals surface area contributed by atoms with Gasteiger partial charge in [0, 0.05) is 19.7 Å². The number of carboxylic acids is 1. The fraction of sp³-hybridized carbons (Fsp3) is 0.929. The Kier molecular flexibility index (Phi) is 4.62. The fourth-order valence-corrected chi connectivity index (χ4v) is 3.27. The molecule has 2 rings (SSSR count). The Morgan fingerprint density at radius 3 is 2.94 bits per heavy atom. The minimum atomic E-state index is -0.680. The normalized spacial score (nSPS) is 34.4. The first-order valence-electron chi connectivity index (χ1n) is 7.20. The number of hydrogen-bond donors (Lipinski definition) is 1. The molecule has 0 aromatic heterocycles. The molecule has 2 heterocycles. The molecule has 104 valence electrons. The molecule has 0 bridgehead atoms. The van der Waals surface area contributed by atoms with Crippen molar-refractivity contribution in [1.82, 2.24) is 4.90 Å². The molecule has 0 aromatic carbocycles. The van der Waals surface area contributed by atoms with Crippen molar-refractivity contribution in [3.8, 4) is 0 Å². The fourth-order valence-electron chi connectivity index (χ4n) is 3.27. The van der Waals surface area contributed by atoms with Gasteiger partial charge in [0.15, 0.2) is 0 Å². The molecular formula is C14H25NO3. The maximum absolute atomic E-state index is 11.6. The maximum Gasteiger partial charge on any atom is 0.313 e. The molecule has 0 aromatic rings. The van der Waals surface area contributed by atoms with Crippen LogP contribution in [0.1, 0.15) is 39.0 Å². The van der Waals surface area contributed by atoms with Crippen molar-refractivity contribution in [1.29, 1.82) is 0 Å². The van der Waals surface area contributed by atoms with E-state index in [1.807, 2.05) is 0 Å². The number of nitrogens with zero attached hydrogens (tertiary/aromatic N) is 1. The summed E-state index contributed by atoms with van der Waals surface area (Å²) in [6, 6.07) is 0. The molecule has 2 aliphatic rings. The third-order valence-electron chi connectivity index (χ3n) is 4.48. The van der Waals surface area contributed by atoms with Crippen molar-refractivity contribution >= 4 is 5.97 Å². The smallest absolute Gasteiger partial charge is 0.313 e. The Morgan fingerprint density at radius 2 is 2.33 bits per heavy atom. The molecule has 2 unspecified atom stereocenters. The van der Waals surface area contributed by atoms with E-state index in [0.717, 1.165) is 31.8 Å². The Hall–Kier alpha value is -0.610. The minimum Gasteiger partial charge on any atom is -0.481 e. The number of likely N-dealkylation sites (tertiary alicyclic amines) is 1. The Bertz CT molecular complexity index is 287. The van der Waals surface area contributed by atoms with Gasteiger partial charge in [-0.25, -0.2) is 0 Å². The monoisotopic (exact) mass is 255 g/mol. The average Bonchev–Trinajstić information content (AvgIpc) is 2.40. The van der Waals surface area contributed by atoms with Crippen LogP contribution in [0.5, 0.6) is 0 Å². The van der Waals surface area contributed by atoms with Gasteiger partial charge >= 0.3 is 5.97 Å². The van der Waals surface area contributed by atoms with Gasteiger partial charge < -0.3 is 14.7 Å². The molecule has 2 aliphatic heterocycles. The van der Waals surface area contributed by atoms with E-state index >= 15 is 0 Å². The lowest BCUT2D eigenvalue weighted by Crippen LogP contribution is -2.50. The number of carbonyl (C=O) groups is 1. The molecule has 1 N–H and O–H groups in total. The van der Waals surface area contributed by atoms with Crippen LogP contribution in [0.4, 0.5) is 0 Å². The van der Waals surface area contributed by atoms with Crippen LogP contribution < -0.4 is 0 Å². The Labute approximate surface area is 109 Å². The first-order valence-corrected chi connectivity index (χ1v) is 7.20. The van der Waals surface area contributed by atoms with Crippen molar-refractivity contribution in [3.63, 3.8) is 0 Å². The van der Waals surface area contributed by atoms with Crippen LogP contribution in [-0.4, -0.2) is 48.8 Å². The zero-order valence-electron chi connectivity index (χ0n) is 11.4. The second-order valence-corrected chi connectivity index (χ2v) is 5.89. The summed E-state index contributed by atoms with van der Waals surface area (Å²) >= 11 is 0. The van der Waals surface area contributed by atoms with Gasteiger partial charge in [0.1, 0.15) is 5.41 Å². The highest BCUT2D eigenvalue weighted by atomic mass is 16.5. The van der Waals surface area contributed by atoms with Crippen LogP contribution in [0.25, 0.3) is 0 Å². The van der Waals surface area contributed by atoms with E-state index in [2.05, 4.69) is 11.8 Å². The third-order valence-corrected chi connectivity index (χ3v) is 4.48. The van der Waals surface area contributed by atoms with Crippen LogP contribution in [0, 0.1) is 11.3 Å². The van der Waals surface area contributed by atoms with Crippen molar-refractivity contribution in [2.45, 2.75) is 39.0 Å². The van der Waals surface area contributed by atoms with Crippen molar-refractivity contribution in [2.75, 3.05) is 32.8 Å². The highest BCUT2D eigenvalue weighted by molar-refractivity contribution is 5.75. The van der Waals surface area contributed by atoms with E-state index in [-0.39, 0.29) is 0 Å². The van der Waals surface area contributed by atoms with E-state index < -0.39 is 11.4 Å². The number of carboxylic acid groups (broad SMARTS) is 1. The highest BCUT2D eigenvalue weighted by Gasteiger charge is 2.42. The molecule has 0 saturated carbocycles. The second kappa shape index (κ2) is 6.02. The first kappa shape index (κ1) is 13.8. The van der Waals surface area contributed by atoms with Gasteiger partial charge in [-0.15, -0.1) is 0 Å². The molecule has 2 saturated heterocycles. The number of piperidine rings is 1. The van der Waals surface area contributed by atoms with Gasteiger partial charge in [0.05, 0.1) is 6.61 Å². The molecule has 2 fully saturated rings. The molecule has 2 atom stereocenters. The van der Waals surface area contributed by atoms with E-state index in [4.69, 9.17) is 4.74 Å². The van der Waals surface area contributed by atoms with Gasteiger partial charge in [0.25, 0.3) is 0 Å². The molecule has 0 amide bonds. The van der Waals surface area contributed by atoms with Crippen molar-refractivity contribution < 1.29 is 14.6 Å². The van der Waals surface area contributed by atoms with E-state index in [0.29, 0.717) is 19.8 Å². The van der Waals surface area contributed by atoms with Gasteiger partial charge in [-0.3, -0.25) is 4.79 Å². The molecule has 4 heteroatoms. The molecule has 0 radical (unpaired) electrons. The first-order chi connectivity index (χ1) is 8.66. The highest BCUT2D eigenvalue weighted by Crippen LogP contribution is 2.32. The summed E-state index contributed by atoms with van der Waals surface area (Å²) in [6.45, 7) is 6.10. The van der Waals surface area contributed by atoms with Crippen LogP contribution in [0.2, 0.25) is 0 Å². The predicted molar refractivity (Wildman–Crippen MR) is 69.6 cm³/mol. The number of aliphatic carboxylic acids is 1. The van der Waals surface area contributed by atoms with Crippen LogP contribution in [0.15, 0.2) is 0 Å². The lowest BCUT2D eigenvalue weighted by Gasteiger charge is -2.40. The van der Waals surface area contributed by atoms with E-state index in [1.54, 1.807) is 0 Å². The SMILES string of the molecule is CCC1CCCN(CC2(C(=O)O)CCCOC2)C1. The topological polar surface area (TPSA) is 49.8 Å². The summed E-state index contributed by atoms with van der Waals surface area (Å²) in [5.74, 6) is 0.0647. The van der Waals surface area contributed by atoms with Gasteiger partial charge in [0.2, 0.25) is 0 Å². The lowest BCUT2D eigenvalue weighted by atomic mass is 9.81. The largest absolute Gasteiger partial charge is 0.481 e. The standard InChI is InChI=1S/C14H25NO3/c1-2-12-5-3-7-15(9-12)10-14(13(16)17)6-4-8-18-11-14/h12H,2-11H2,1H3,(H,16,17). The summed E-state index contributed by atoms with van der Waals surface area (Å²) in [6.07, 6.45) is 5.33. The molecule has 18 heavy (non-hydrogen) atoms. The van der Waals surface area contributed by atoms with Gasteiger partial charge in [-0.2, -0.15) is 0 Å². The summed E-state index contributed by atoms with van der Waals surface area (Å²) in [7, 11) is 0. The maximum atomic E-state index is 11.6. The Balaban J connectivity index is 1.98. The quantitative estimate of drug-likeness (QED) is 0.834. The minimum absolute atomic E-state index is 0.385. The van der Waals surface area contributed by atoms with Gasteiger partial charge in [-0.1, -0.05) is 13.3 Å². The van der Waals surface area contributed by atoms with Gasteiger partial charge in [-0.05, 0) is 38.1 Å². The average molecular weight is 255 g/mol. The summed E-state index contributed by atoms with van der Waals surface area (Å²) in [5.41, 5.74) is -0.659. The Morgan fingerprint density at radius 1 is 1.50 bits per heavy atom. The molecular weight excluding hydrogens is 230 g/mol. The number of rotatable bonds is 4. The van der Waals surface area contributed by atoms with Crippen molar-refractivity contribution in [2.24, 2.45) is 11.3 Å². The summed E-state index contributed by atoms with van der Waals surface area (Å²) in [4.78, 5) is 13.9. The second-order valence-electron chi connectivity index (χ2n) is 5.89. The van der Waals surface area contributed by atoms with Crippen LogP contribution >= 0.6 is 0 Å².